The van der Waals surface area contributed by atoms with Crippen molar-refractivity contribution in [3.63, 3.8) is 0 Å². The lowest BCUT2D eigenvalue weighted by Crippen LogP contribution is -2.55. The average molecular weight is 300 g/mol. The van der Waals surface area contributed by atoms with E-state index in [1.807, 2.05) is 6.92 Å². The molecular weight excluding hydrogens is 272 g/mol. The van der Waals surface area contributed by atoms with Gasteiger partial charge in [0.1, 0.15) is 6.04 Å². The molecule has 6 nitrogen and oxygen atoms in total. The molecule has 2 N–H and O–H groups in total. The summed E-state index contributed by atoms with van der Waals surface area (Å²) in [5, 5.41) is 12.1. The summed E-state index contributed by atoms with van der Waals surface area (Å²) in [6, 6.07) is -0.992. The number of hydrogen-bond donors (Lipinski definition) is 2. The molecule has 0 aromatic rings. The Hall–Kier alpha value is -1.30. The molecule has 0 aliphatic carbocycles. The molecule has 122 valence electrons. The van der Waals surface area contributed by atoms with Crippen molar-refractivity contribution in [3.8, 4) is 0 Å². The van der Waals surface area contributed by atoms with Crippen molar-refractivity contribution in [3.05, 3.63) is 0 Å². The summed E-state index contributed by atoms with van der Waals surface area (Å²) in [6.07, 6.45) is 2.44. The van der Waals surface area contributed by atoms with Crippen LogP contribution in [0.4, 0.5) is 4.79 Å². The number of aliphatic carboxylic acids is 1. The van der Waals surface area contributed by atoms with Gasteiger partial charge < -0.3 is 20.1 Å². The van der Waals surface area contributed by atoms with E-state index in [4.69, 9.17) is 4.74 Å². The Morgan fingerprint density at radius 2 is 2.14 bits per heavy atom. The Kier molecular flexibility index (Phi) is 7.50. The van der Waals surface area contributed by atoms with Crippen molar-refractivity contribution >= 4 is 12.0 Å². The molecule has 1 saturated heterocycles. The minimum atomic E-state index is -0.919. The number of ether oxygens (including phenoxy) is 1. The Morgan fingerprint density at radius 1 is 1.43 bits per heavy atom. The van der Waals surface area contributed by atoms with Crippen LogP contribution in [-0.4, -0.2) is 54.4 Å². The summed E-state index contributed by atoms with van der Waals surface area (Å²) in [7, 11) is 0. The van der Waals surface area contributed by atoms with Gasteiger partial charge in [0, 0.05) is 26.3 Å². The van der Waals surface area contributed by atoms with Gasteiger partial charge in [-0.2, -0.15) is 0 Å². The first-order chi connectivity index (χ1) is 9.93. The summed E-state index contributed by atoms with van der Waals surface area (Å²) in [5.74, 6) is -0.417. The Labute approximate surface area is 126 Å². The van der Waals surface area contributed by atoms with E-state index in [2.05, 4.69) is 19.2 Å². The lowest BCUT2D eigenvalue weighted by molar-refractivity contribution is -0.145. The van der Waals surface area contributed by atoms with E-state index in [1.165, 1.54) is 4.90 Å². The molecular formula is C15H28N2O4. The Bertz CT molecular complexity index is 347. The molecule has 0 spiro atoms. The second kappa shape index (κ2) is 8.87. The van der Waals surface area contributed by atoms with Crippen LogP contribution in [0, 0.1) is 11.8 Å². The summed E-state index contributed by atoms with van der Waals surface area (Å²) in [4.78, 5) is 24.9. The zero-order valence-electron chi connectivity index (χ0n) is 13.3. The minimum absolute atomic E-state index is 0.00336. The highest BCUT2D eigenvalue weighted by atomic mass is 16.5. The van der Waals surface area contributed by atoms with Gasteiger partial charge in [0.25, 0.3) is 0 Å². The number of nitrogens with one attached hydrogen (secondary N) is 1. The Morgan fingerprint density at radius 3 is 2.76 bits per heavy atom. The number of carbonyl (C=O) groups excluding carboxylic acids is 1. The van der Waals surface area contributed by atoms with Gasteiger partial charge in [-0.15, -0.1) is 0 Å². The van der Waals surface area contributed by atoms with E-state index in [1.54, 1.807) is 0 Å². The second-order valence-electron chi connectivity index (χ2n) is 6.15. The van der Waals surface area contributed by atoms with Crippen LogP contribution in [0.2, 0.25) is 0 Å². The fraction of sp³-hybridized carbons (Fsp3) is 0.867. The fourth-order valence-corrected chi connectivity index (χ4v) is 2.58. The molecule has 0 aromatic carbocycles. The predicted octanol–water partition coefficient (Wildman–Crippen LogP) is 1.94. The van der Waals surface area contributed by atoms with Crippen LogP contribution in [0.5, 0.6) is 0 Å². The maximum atomic E-state index is 12.1. The van der Waals surface area contributed by atoms with Crippen LogP contribution < -0.4 is 5.32 Å². The summed E-state index contributed by atoms with van der Waals surface area (Å²) in [5.41, 5.74) is 0. The molecule has 0 radical (unpaired) electrons. The number of urea groups is 1. The third kappa shape index (κ3) is 5.91. The molecule has 1 fully saturated rings. The first-order valence-corrected chi connectivity index (χ1v) is 7.78. The van der Waals surface area contributed by atoms with Crippen molar-refractivity contribution in [2.24, 2.45) is 11.8 Å². The number of hydrogen-bond acceptors (Lipinski definition) is 3. The van der Waals surface area contributed by atoms with Gasteiger partial charge in [0.05, 0.1) is 0 Å². The molecule has 2 unspecified atom stereocenters. The number of amides is 2. The third-order valence-corrected chi connectivity index (χ3v) is 3.64. The number of nitrogens with zero attached hydrogens (tertiary/aromatic N) is 1. The van der Waals surface area contributed by atoms with E-state index in [9.17, 15) is 14.7 Å². The van der Waals surface area contributed by atoms with E-state index in [0.717, 1.165) is 25.9 Å². The molecule has 6 heteroatoms. The van der Waals surface area contributed by atoms with Gasteiger partial charge in [0.2, 0.25) is 0 Å². The zero-order valence-corrected chi connectivity index (χ0v) is 13.3. The number of likely N-dealkylation sites (tertiary alicyclic amines) is 1. The number of carboxylic acid groups (broad SMARTS) is 1. The van der Waals surface area contributed by atoms with Crippen molar-refractivity contribution < 1.29 is 19.4 Å². The number of carbonyl (C=O) groups is 2. The second-order valence-corrected chi connectivity index (χ2v) is 6.15. The quantitative estimate of drug-likeness (QED) is 0.704. The molecule has 0 saturated carbocycles. The summed E-state index contributed by atoms with van der Waals surface area (Å²) < 4.78 is 5.44. The predicted molar refractivity (Wildman–Crippen MR) is 80.2 cm³/mol. The SMILES string of the molecule is CC(C)COCCCNC(=O)N1CCCC(C)C1C(=O)O. The molecule has 2 amide bonds. The van der Waals surface area contributed by atoms with Crippen molar-refractivity contribution in [2.45, 2.75) is 46.1 Å². The monoisotopic (exact) mass is 300 g/mol. The molecule has 2 atom stereocenters. The molecule has 1 aliphatic rings. The minimum Gasteiger partial charge on any atom is -0.480 e. The lowest BCUT2D eigenvalue weighted by Gasteiger charge is -2.37. The summed E-state index contributed by atoms with van der Waals surface area (Å²) >= 11 is 0. The van der Waals surface area contributed by atoms with Crippen LogP contribution in [-0.2, 0) is 9.53 Å². The Balaban J connectivity index is 2.31. The maximum Gasteiger partial charge on any atom is 0.326 e. The first-order valence-electron chi connectivity index (χ1n) is 7.78. The van der Waals surface area contributed by atoms with Gasteiger partial charge in [-0.05, 0) is 31.1 Å². The van der Waals surface area contributed by atoms with Crippen molar-refractivity contribution in [1.29, 1.82) is 0 Å². The van der Waals surface area contributed by atoms with Crippen LogP contribution in [0.1, 0.15) is 40.0 Å². The number of piperidine rings is 1. The molecule has 1 rings (SSSR count). The van der Waals surface area contributed by atoms with Crippen LogP contribution in [0.3, 0.4) is 0 Å². The topological polar surface area (TPSA) is 78.9 Å². The molecule has 1 aliphatic heterocycles. The zero-order chi connectivity index (χ0) is 15.8. The van der Waals surface area contributed by atoms with Crippen LogP contribution in [0.15, 0.2) is 0 Å². The van der Waals surface area contributed by atoms with E-state index in [0.29, 0.717) is 25.6 Å². The van der Waals surface area contributed by atoms with Gasteiger partial charge in [-0.25, -0.2) is 9.59 Å². The van der Waals surface area contributed by atoms with Crippen molar-refractivity contribution in [1.82, 2.24) is 10.2 Å². The standard InChI is InChI=1S/C15H28N2O4/c1-11(2)10-21-9-5-7-16-15(20)17-8-4-6-12(3)13(17)14(18)19/h11-13H,4-10H2,1-3H3,(H,16,20)(H,18,19). The average Bonchev–Trinajstić information content (AvgIpc) is 2.41. The largest absolute Gasteiger partial charge is 0.480 e. The number of rotatable bonds is 7. The normalized spacial score (nSPS) is 22.4. The van der Waals surface area contributed by atoms with Gasteiger partial charge in [0.15, 0.2) is 0 Å². The highest BCUT2D eigenvalue weighted by Crippen LogP contribution is 2.23. The van der Waals surface area contributed by atoms with E-state index < -0.39 is 12.0 Å². The first kappa shape index (κ1) is 17.8. The van der Waals surface area contributed by atoms with Crippen LogP contribution in [0.25, 0.3) is 0 Å². The smallest absolute Gasteiger partial charge is 0.326 e. The lowest BCUT2D eigenvalue weighted by atomic mass is 9.91. The molecule has 0 aromatic heterocycles. The van der Waals surface area contributed by atoms with Crippen molar-refractivity contribution in [2.75, 3.05) is 26.3 Å². The van der Waals surface area contributed by atoms with Gasteiger partial charge in [-0.3, -0.25) is 0 Å². The number of carboxylic acids is 1. The highest BCUT2D eigenvalue weighted by Gasteiger charge is 2.36. The highest BCUT2D eigenvalue weighted by molar-refractivity contribution is 5.83. The fourth-order valence-electron chi connectivity index (χ4n) is 2.58. The summed E-state index contributed by atoms with van der Waals surface area (Å²) in [6.45, 7) is 8.41. The van der Waals surface area contributed by atoms with Crippen LogP contribution >= 0.6 is 0 Å². The van der Waals surface area contributed by atoms with E-state index >= 15 is 0 Å². The third-order valence-electron chi connectivity index (χ3n) is 3.64. The van der Waals surface area contributed by atoms with Gasteiger partial charge >= 0.3 is 12.0 Å². The molecule has 21 heavy (non-hydrogen) atoms. The van der Waals surface area contributed by atoms with Gasteiger partial charge in [-0.1, -0.05) is 20.8 Å². The van der Waals surface area contributed by atoms with E-state index in [-0.39, 0.29) is 11.9 Å². The maximum absolute atomic E-state index is 12.1. The molecule has 0 bridgehead atoms. The molecule has 1 heterocycles.